The van der Waals surface area contributed by atoms with E-state index in [-0.39, 0.29) is 29.5 Å². The summed E-state index contributed by atoms with van der Waals surface area (Å²) in [5, 5.41) is 20.6. The number of carbonyl (C=O) groups excluding carboxylic acids is 1. The Labute approximate surface area is 185 Å². The molecular formula is C21H15BrN4O5. The summed E-state index contributed by atoms with van der Waals surface area (Å²) in [7, 11) is 0. The number of carbonyl (C=O) groups is 1. The van der Waals surface area contributed by atoms with Gasteiger partial charge in [-0.2, -0.15) is 4.99 Å². The van der Waals surface area contributed by atoms with Gasteiger partial charge in [-0.1, -0.05) is 18.2 Å². The lowest BCUT2D eigenvalue weighted by Crippen LogP contribution is -2.38. The number of amidine groups is 2. The third kappa shape index (κ3) is 4.10. The molecule has 0 radical (unpaired) electrons. The number of ether oxygens (including phenoxy) is 1. The smallest absolute Gasteiger partial charge is 0.282 e. The fourth-order valence-corrected chi connectivity index (χ4v) is 3.57. The molecule has 0 saturated carbocycles. The number of nitrogens with one attached hydrogen (secondary N) is 1. The van der Waals surface area contributed by atoms with Crippen LogP contribution in [0.2, 0.25) is 0 Å². The third-order valence-electron chi connectivity index (χ3n) is 4.52. The molecule has 1 N–H and O–H groups in total. The summed E-state index contributed by atoms with van der Waals surface area (Å²) in [6.07, 6.45) is 3.13. The summed E-state index contributed by atoms with van der Waals surface area (Å²) in [5.74, 6) is 0.674. The summed E-state index contributed by atoms with van der Waals surface area (Å²) >= 11 is 3.42. The Balaban J connectivity index is 1.53. The van der Waals surface area contributed by atoms with Gasteiger partial charge in [0.05, 0.1) is 20.5 Å². The van der Waals surface area contributed by atoms with Crippen LogP contribution in [-0.2, 0) is 16.2 Å². The number of nitro groups is 1. The van der Waals surface area contributed by atoms with Crippen LogP contribution in [0.4, 0.5) is 5.69 Å². The molecule has 0 aromatic heterocycles. The highest BCUT2D eigenvalue weighted by molar-refractivity contribution is 9.10. The van der Waals surface area contributed by atoms with Gasteiger partial charge in [-0.15, -0.1) is 5.06 Å². The summed E-state index contributed by atoms with van der Waals surface area (Å²) in [4.78, 5) is 32.4. The largest absolute Gasteiger partial charge is 0.487 e. The van der Waals surface area contributed by atoms with E-state index in [0.29, 0.717) is 27.1 Å². The molecule has 156 valence electrons. The first-order valence-electron chi connectivity index (χ1n) is 9.08. The fraction of sp³-hybridized carbons (Fsp3) is 0.0952. The van der Waals surface area contributed by atoms with Crippen molar-refractivity contribution >= 4 is 45.3 Å². The fourth-order valence-electron chi connectivity index (χ4n) is 3.06. The molecule has 31 heavy (non-hydrogen) atoms. The van der Waals surface area contributed by atoms with E-state index in [4.69, 9.17) is 15.0 Å². The Morgan fingerprint density at radius 2 is 2.10 bits per heavy atom. The molecule has 2 aromatic rings. The lowest BCUT2D eigenvalue weighted by Gasteiger charge is -2.23. The van der Waals surface area contributed by atoms with Crippen LogP contribution in [-0.4, -0.2) is 27.6 Å². The molecule has 10 heteroatoms. The lowest BCUT2D eigenvalue weighted by atomic mass is 10.1. The van der Waals surface area contributed by atoms with Crippen LogP contribution in [0.25, 0.3) is 6.08 Å². The number of hydrogen-bond donors (Lipinski definition) is 1. The molecular weight excluding hydrogens is 468 g/mol. The number of amides is 1. The van der Waals surface area contributed by atoms with E-state index in [0.717, 1.165) is 0 Å². The number of para-hydroxylation sites is 1. The second-order valence-corrected chi connectivity index (χ2v) is 7.54. The van der Waals surface area contributed by atoms with Crippen molar-refractivity contribution in [3.63, 3.8) is 0 Å². The molecule has 0 spiro atoms. The molecule has 0 atom stereocenters. The van der Waals surface area contributed by atoms with Crippen LogP contribution >= 0.6 is 15.9 Å². The summed E-state index contributed by atoms with van der Waals surface area (Å²) in [6, 6.07) is 11.5. The summed E-state index contributed by atoms with van der Waals surface area (Å²) in [5.41, 5.74) is 1.17. The highest BCUT2D eigenvalue weighted by Crippen LogP contribution is 2.30. The SMILES string of the molecule is CC1=CC2=NC(=O)/C(=C\c3ccc(OCc4ccccc4[N+](=O)[O-])c(Br)c3)C(=N)N2O1. The van der Waals surface area contributed by atoms with Gasteiger partial charge in [-0.05, 0) is 52.7 Å². The molecule has 0 fully saturated rings. The molecule has 1 amide bonds. The van der Waals surface area contributed by atoms with E-state index in [1.54, 1.807) is 55.5 Å². The third-order valence-corrected chi connectivity index (χ3v) is 5.14. The van der Waals surface area contributed by atoms with E-state index in [2.05, 4.69) is 20.9 Å². The Hall–Kier alpha value is -3.79. The van der Waals surface area contributed by atoms with Crippen LogP contribution in [0, 0.1) is 15.5 Å². The van der Waals surface area contributed by atoms with Gasteiger partial charge in [0.1, 0.15) is 18.1 Å². The van der Waals surface area contributed by atoms with Gasteiger partial charge in [0.15, 0.2) is 11.7 Å². The zero-order valence-electron chi connectivity index (χ0n) is 16.2. The normalized spacial score (nSPS) is 16.6. The standard InChI is InChI=1S/C21H15BrN4O5/c1-12-8-19-24-21(27)15(20(23)25(19)31-12)9-13-6-7-18(16(22)10-13)30-11-14-4-2-3-5-17(14)26(28)29/h2-10,23H,11H2,1H3/b15-9-,23-20?. The number of nitrogens with zero attached hydrogens (tertiary/aromatic N) is 3. The van der Waals surface area contributed by atoms with Crippen molar-refractivity contribution in [2.45, 2.75) is 13.5 Å². The maximum absolute atomic E-state index is 12.4. The van der Waals surface area contributed by atoms with Crippen molar-refractivity contribution in [1.82, 2.24) is 5.06 Å². The molecule has 0 aliphatic carbocycles. The lowest BCUT2D eigenvalue weighted by molar-refractivity contribution is -0.385. The van der Waals surface area contributed by atoms with Crippen LogP contribution in [0.5, 0.6) is 5.75 Å². The predicted molar refractivity (Wildman–Crippen MR) is 116 cm³/mol. The molecule has 0 unspecified atom stereocenters. The number of benzene rings is 2. The Morgan fingerprint density at radius 1 is 1.32 bits per heavy atom. The number of aliphatic imine (C=N–C) groups is 1. The minimum absolute atomic E-state index is 0.0110. The second kappa shape index (κ2) is 8.15. The van der Waals surface area contributed by atoms with E-state index in [1.807, 2.05) is 0 Å². The first-order valence-corrected chi connectivity index (χ1v) is 9.87. The zero-order valence-corrected chi connectivity index (χ0v) is 17.8. The first kappa shape index (κ1) is 20.5. The molecule has 0 saturated heterocycles. The topological polar surface area (TPSA) is 118 Å². The van der Waals surface area contributed by atoms with Gasteiger partial charge in [-0.3, -0.25) is 20.3 Å². The first-order chi connectivity index (χ1) is 14.8. The molecule has 2 aliphatic rings. The number of allylic oxidation sites excluding steroid dienone is 1. The van der Waals surface area contributed by atoms with Crippen molar-refractivity contribution < 1.29 is 19.3 Å². The van der Waals surface area contributed by atoms with Gasteiger partial charge in [0.2, 0.25) is 0 Å². The van der Waals surface area contributed by atoms with Crippen molar-refractivity contribution in [2.24, 2.45) is 4.99 Å². The minimum Gasteiger partial charge on any atom is -0.487 e. The molecule has 4 rings (SSSR count). The van der Waals surface area contributed by atoms with Gasteiger partial charge in [-0.25, -0.2) is 0 Å². The average molecular weight is 483 g/mol. The molecule has 0 bridgehead atoms. The van der Waals surface area contributed by atoms with E-state index >= 15 is 0 Å². The van der Waals surface area contributed by atoms with E-state index < -0.39 is 10.8 Å². The predicted octanol–water partition coefficient (Wildman–Crippen LogP) is 4.39. The minimum atomic E-state index is -0.529. The van der Waals surface area contributed by atoms with Crippen LogP contribution in [0.3, 0.4) is 0 Å². The molecule has 2 aliphatic heterocycles. The number of hydroxylamine groups is 2. The highest BCUT2D eigenvalue weighted by Gasteiger charge is 2.34. The van der Waals surface area contributed by atoms with Crippen molar-refractivity contribution in [2.75, 3.05) is 0 Å². The Morgan fingerprint density at radius 3 is 2.84 bits per heavy atom. The number of hydrogen-bond acceptors (Lipinski definition) is 6. The van der Waals surface area contributed by atoms with Gasteiger partial charge >= 0.3 is 0 Å². The summed E-state index contributed by atoms with van der Waals surface area (Å²) < 4.78 is 6.32. The van der Waals surface area contributed by atoms with Crippen LogP contribution < -0.4 is 4.74 Å². The van der Waals surface area contributed by atoms with Gasteiger partial charge < -0.3 is 9.57 Å². The number of halogens is 1. The average Bonchev–Trinajstić information content (AvgIpc) is 3.11. The zero-order chi connectivity index (χ0) is 22.1. The number of nitro benzene ring substituents is 1. The second-order valence-electron chi connectivity index (χ2n) is 6.69. The summed E-state index contributed by atoms with van der Waals surface area (Å²) in [6.45, 7) is 1.73. The van der Waals surface area contributed by atoms with Crippen molar-refractivity contribution in [1.29, 1.82) is 5.41 Å². The van der Waals surface area contributed by atoms with E-state index in [9.17, 15) is 14.9 Å². The maximum Gasteiger partial charge on any atom is 0.282 e. The number of fused-ring (bicyclic) bond motifs is 1. The molecule has 9 nitrogen and oxygen atoms in total. The monoisotopic (exact) mass is 482 g/mol. The van der Waals surface area contributed by atoms with Crippen LogP contribution in [0.1, 0.15) is 18.1 Å². The highest BCUT2D eigenvalue weighted by atomic mass is 79.9. The van der Waals surface area contributed by atoms with Gasteiger partial charge in [0, 0.05) is 12.1 Å². The molecule has 2 heterocycles. The maximum atomic E-state index is 12.4. The van der Waals surface area contributed by atoms with Crippen LogP contribution in [0.15, 0.2) is 69.3 Å². The Bertz CT molecular complexity index is 1220. The Kier molecular flexibility index (Phi) is 5.38. The van der Waals surface area contributed by atoms with E-state index in [1.165, 1.54) is 11.1 Å². The van der Waals surface area contributed by atoms with Crippen molar-refractivity contribution in [3.05, 3.63) is 85.6 Å². The quantitative estimate of drug-likeness (QED) is 0.383. The molecule has 2 aromatic carbocycles. The van der Waals surface area contributed by atoms with Gasteiger partial charge in [0.25, 0.3) is 11.6 Å². The van der Waals surface area contributed by atoms with Crippen molar-refractivity contribution in [3.8, 4) is 5.75 Å². The number of rotatable bonds is 5.